The molecule has 0 aromatic heterocycles. The van der Waals surface area contributed by atoms with E-state index >= 15 is 0 Å². The third kappa shape index (κ3) is 2.29. The Kier molecular flexibility index (Phi) is 3.16. The predicted molar refractivity (Wildman–Crippen MR) is 43.1 cm³/mol. The number of halogens is 5. The summed E-state index contributed by atoms with van der Waals surface area (Å²) in [6, 6.07) is 3.09. The zero-order valence-corrected chi connectivity index (χ0v) is 7.59. The number of hydrogen-bond acceptors (Lipinski definition) is 2. The van der Waals surface area contributed by atoms with Crippen molar-refractivity contribution in [2.24, 2.45) is 0 Å². The second kappa shape index (κ2) is 4.07. The maximum absolute atomic E-state index is 12.8. The molecule has 0 aliphatic heterocycles. The zero-order valence-electron chi connectivity index (χ0n) is 7.59. The minimum Gasteiger partial charge on any atom is -0.429 e. The summed E-state index contributed by atoms with van der Waals surface area (Å²) in [5.41, 5.74) is -1.28. The maximum Gasteiger partial charge on any atom is 0.458 e. The quantitative estimate of drug-likeness (QED) is 0.599. The van der Waals surface area contributed by atoms with Gasteiger partial charge >= 0.3 is 12.1 Å². The SMILES string of the molecule is O=COc1cccc(C(F)(F)C(F)(F)F)c1. The Balaban J connectivity index is 3.13. The summed E-state index contributed by atoms with van der Waals surface area (Å²) in [6.45, 7) is -0.0646. The molecule has 0 N–H and O–H groups in total. The average molecular weight is 240 g/mol. The van der Waals surface area contributed by atoms with Crippen LogP contribution in [-0.4, -0.2) is 12.6 Å². The van der Waals surface area contributed by atoms with Crippen molar-refractivity contribution in [2.75, 3.05) is 0 Å². The molecule has 16 heavy (non-hydrogen) atoms. The van der Waals surface area contributed by atoms with Crippen LogP contribution in [0, 0.1) is 0 Å². The molecule has 0 bridgehead atoms. The third-order valence-electron chi connectivity index (χ3n) is 1.74. The summed E-state index contributed by atoms with van der Waals surface area (Å²) in [6.07, 6.45) is -5.69. The molecule has 0 fully saturated rings. The molecule has 0 unspecified atom stereocenters. The number of ether oxygens (including phenoxy) is 1. The maximum atomic E-state index is 12.8. The third-order valence-corrected chi connectivity index (χ3v) is 1.74. The van der Waals surface area contributed by atoms with E-state index in [2.05, 4.69) is 4.74 Å². The molecular formula is C9H5F5O2. The highest BCUT2D eigenvalue weighted by atomic mass is 19.4. The molecule has 7 heteroatoms. The summed E-state index contributed by atoms with van der Waals surface area (Å²) in [7, 11) is 0. The number of alkyl halides is 5. The first-order chi connectivity index (χ1) is 7.29. The predicted octanol–water partition coefficient (Wildman–Crippen LogP) is 2.88. The summed E-state index contributed by atoms with van der Waals surface area (Å²) in [5, 5.41) is 0. The molecule has 0 radical (unpaired) electrons. The molecule has 0 atom stereocenters. The van der Waals surface area contributed by atoms with Crippen molar-refractivity contribution in [3.63, 3.8) is 0 Å². The van der Waals surface area contributed by atoms with Gasteiger partial charge in [-0.2, -0.15) is 22.0 Å². The van der Waals surface area contributed by atoms with Crippen molar-refractivity contribution in [2.45, 2.75) is 12.1 Å². The Morgan fingerprint density at radius 3 is 2.25 bits per heavy atom. The fourth-order valence-corrected chi connectivity index (χ4v) is 0.984. The van der Waals surface area contributed by atoms with Crippen molar-refractivity contribution in [3.8, 4) is 5.75 Å². The number of carbonyl (C=O) groups excluding carboxylic acids is 1. The van der Waals surface area contributed by atoms with Crippen LogP contribution < -0.4 is 4.74 Å². The molecule has 0 aliphatic carbocycles. The monoisotopic (exact) mass is 240 g/mol. The van der Waals surface area contributed by atoms with Gasteiger partial charge in [-0.3, -0.25) is 4.79 Å². The Labute approximate surface area is 86.6 Å². The van der Waals surface area contributed by atoms with E-state index in [1.165, 1.54) is 0 Å². The lowest BCUT2D eigenvalue weighted by Gasteiger charge is -2.19. The number of benzene rings is 1. The van der Waals surface area contributed by atoms with Crippen molar-refractivity contribution in [3.05, 3.63) is 29.8 Å². The molecular weight excluding hydrogens is 235 g/mol. The molecule has 1 aromatic carbocycles. The number of rotatable bonds is 3. The molecule has 88 valence electrons. The molecule has 0 saturated heterocycles. The molecule has 0 spiro atoms. The Hall–Kier alpha value is -1.66. The van der Waals surface area contributed by atoms with Crippen molar-refractivity contribution >= 4 is 6.47 Å². The molecule has 1 aromatic rings. The lowest BCUT2D eigenvalue weighted by atomic mass is 10.1. The topological polar surface area (TPSA) is 26.3 Å². The summed E-state index contributed by atoms with van der Waals surface area (Å²) in [4.78, 5) is 9.90. The van der Waals surface area contributed by atoms with Gasteiger partial charge in [0.15, 0.2) is 0 Å². The summed E-state index contributed by atoms with van der Waals surface area (Å²) in [5.74, 6) is -5.36. The fraction of sp³-hybridized carbons (Fsp3) is 0.222. The second-order valence-corrected chi connectivity index (χ2v) is 2.81. The average Bonchev–Trinajstić information content (AvgIpc) is 2.17. The standard InChI is InChI=1S/C9H5F5O2/c10-8(11,9(12,13)14)6-2-1-3-7(4-6)16-5-15/h1-5H. The van der Waals surface area contributed by atoms with Crippen LogP contribution in [-0.2, 0) is 10.7 Å². The fourth-order valence-electron chi connectivity index (χ4n) is 0.984. The highest BCUT2D eigenvalue weighted by Gasteiger charge is 2.58. The number of carbonyl (C=O) groups is 1. The first-order valence-corrected chi connectivity index (χ1v) is 3.94. The van der Waals surface area contributed by atoms with Gasteiger partial charge in [0, 0.05) is 5.56 Å². The molecule has 1 rings (SSSR count). The zero-order chi connectivity index (χ0) is 12.4. The smallest absolute Gasteiger partial charge is 0.429 e. The largest absolute Gasteiger partial charge is 0.458 e. The lowest BCUT2D eigenvalue weighted by Crippen LogP contribution is -2.33. The van der Waals surface area contributed by atoms with Crippen LogP contribution in [0.1, 0.15) is 5.56 Å². The normalized spacial score (nSPS) is 12.3. The molecule has 0 amide bonds. The number of hydrogen-bond donors (Lipinski definition) is 0. The first-order valence-electron chi connectivity index (χ1n) is 3.94. The van der Waals surface area contributed by atoms with E-state index < -0.39 is 17.7 Å². The van der Waals surface area contributed by atoms with Gasteiger partial charge in [-0.05, 0) is 12.1 Å². The van der Waals surface area contributed by atoms with Gasteiger partial charge in [0.2, 0.25) is 0 Å². The van der Waals surface area contributed by atoms with E-state index in [4.69, 9.17) is 0 Å². The van der Waals surface area contributed by atoms with Crippen LogP contribution in [0.2, 0.25) is 0 Å². The van der Waals surface area contributed by atoms with Gasteiger partial charge in [0.05, 0.1) is 0 Å². The molecule has 0 saturated carbocycles. The van der Waals surface area contributed by atoms with Crippen LogP contribution in [0.15, 0.2) is 24.3 Å². The van der Waals surface area contributed by atoms with Gasteiger partial charge in [-0.1, -0.05) is 12.1 Å². The van der Waals surface area contributed by atoms with E-state index in [9.17, 15) is 26.7 Å². The van der Waals surface area contributed by atoms with E-state index in [-0.39, 0.29) is 12.2 Å². The molecule has 0 aliphatic rings. The van der Waals surface area contributed by atoms with E-state index in [0.717, 1.165) is 12.1 Å². The van der Waals surface area contributed by atoms with Crippen molar-refractivity contribution < 1.29 is 31.5 Å². The van der Waals surface area contributed by atoms with Gasteiger partial charge in [-0.15, -0.1) is 0 Å². The van der Waals surface area contributed by atoms with E-state index in [1.807, 2.05) is 0 Å². The summed E-state index contributed by atoms with van der Waals surface area (Å²) >= 11 is 0. The Morgan fingerprint density at radius 2 is 1.75 bits per heavy atom. The second-order valence-electron chi connectivity index (χ2n) is 2.81. The van der Waals surface area contributed by atoms with Gasteiger partial charge in [-0.25, -0.2) is 0 Å². The molecule has 2 nitrogen and oxygen atoms in total. The van der Waals surface area contributed by atoms with Crippen LogP contribution in [0.4, 0.5) is 22.0 Å². The van der Waals surface area contributed by atoms with Gasteiger partial charge < -0.3 is 4.74 Å². The van der Waals surface area contributed by atoms with Crippen LogP contribution in [0.3, 0.4) is 0 Å². The van der Waals surface area contributed by atoms with Crippen LogP contribution in [0.5, 0.6) is 5.75 Å². The van der Waals surface area contributed by atoms with Crippen LogP contribution >= 0.6 is 0 Å². The van der Waals surface area contributed by atoms with Crippen molar-refractivity contribution in [1.82, 2.24) is 0 Å². The first kappa shape index (κ1) is 12.4. The Bertz CT molecular complexity index is 386. The van der Waals surface area contributed by atoms with E-state index in [0.29, 0.717) is 12.1 Å². The van der Waals surface area contributed by atoms with Crippen LogP contribution in [0.25, 0.3) is 0 Å². The minimum atomic E-state index is -5.69. The van der Waals surface area contributed by atoms with E-state index in [1.54, 1.807) is 0 Å². The minimum absolute atomic E-state index is 0.0646. The van der Waals surface area contributed by atoms with Gasteiger partial charge in [0.1, 0.15) is 5.75 Å². The van der Waals surface area contributed by atoms with Crippen molar-refractivity contribution in [1.29, 1.82) is 0 Å². The highest BCUT2D eigenvalue weighted by molar-refractivity contribution is 5.46. The molecule has 0 heterocycles. The Morgan fingerprint density at radius 1 is 1.12 bits per heavy atom. The summed E-state index contributed by atoms with van der Waals surface area (Å²) < 4.78 is 65.7. The lowest BCUT2D eigenvalue weighted by molar-refractivity contribution is -0.289. The van der Waals surface area contributed by atoms with Gasteiger partial charge in [0.25, 0.3) is 6.47 Å². The highest BCUT2D eigenvalue weighted by Crippen LogP contribution is 2.44.